The van der Waals surface area contributed by atoms with Crippen LogP contribution in [0.1, 0.15) is 28.1 Å². The average Bonchev–Trinajstić information content (AvgIpc) is 4.16. The number of fused-ring (bicyclic) bond motifs is 8. The monoisotopic (exact) mass is 1050 g/mol. The predicted molar refractivity (Wildman–Crippen MR) is 277 cm³/mol. The summed E-state index contributed by atoms with van der Waals surface area (Å²) >= 11 is 6.98. The third-order valence-corrected chi connectivity index (χ3v) is 17.5. The van der Waals surface area contributed by atoms with E-state index in [4.69, 9.17) is 14.5 Å². The molecule has 0 amide bonds. The van der Waals surface area contributed by atoms with Crippen LogP contribution < -0.4 is 20.0 Å². The van der Waals surface area contributed by atoms with Crippen LogP contribution >= 0.6 is 38.6 Å². The molecule has 2 N–H and O–H groups in total. The normalized spacial score (nSPS) is 16.3. The molecule has 0 unspecified atom stereocenters. The number of morpholine rings is 2. The zero-order valence-corrected chi connectivity index (χ0v) is 41.8. The molecule has 0 saturated carbocycles. The van der Waals surface area contributed by atoms with Gasteiger partial charge in [0.25, 0.3) is 10.0 Å². The van der Waals surface area contributed by atoms with Gasteiger partial charge in [0.1, 0.15) is 11.6 Å². The number of ether oxygens (including phenoxy) is 2. The first kappa shape index (κ1) is 45.9. The first-order valence-corrected chi connectivity index (χ1v) is 26.9. The van der Waals surface area contributed by atoms with Crippen molar-refractivity contribution in [1.82, 2.24) is 24.2 Å². The van der Waals surface area contributed by atoms with Crippen LogP contribution in [0, 0.1) is 18.6 Å². The molecule has 4 aliphatic heterocycles. The number of aromatic nitrogens is 4. The smallest absolute Gasteiger partial charge is 0.268 e. The number of rotatable bonds is 5. The molecule has 0 spiro atoms. The largest absolute Gasteiger partial charge is 0.378 e. The quantitative estimate of drug-likeness (QED) is 0.172. The maximum atomic E-state index is 13.8. The van der Waals surface area contributed by atoms with Crippen molar-refractivity contribution in [3.8, 4) is 0 Å². The molecule has 8 heterocycles. The standard InChI is InChI=1S/C22H21FN4OS.C18H17FN2O2S.C11H11BrN2OS/c23-14-1-3-18-16(11-14)17-13-27(6-5-19(17)24-18)15-2-4-20-21(12-15)29-22(25-20)26-7-9-28-10-8-26;1-12-2-5-14(6-3-12)24(22,23)21-17-7-4-13(19)10-15(17)16-11-20-9-8-18(16)21;12-8-1-2-9-10(7-8)16-11(13-9)14-3-5-15-6-4-14/h1-4,11-12,24H,5-10,13H2;2-7,10,20H,8-9,11H2,1H3;1-2,7H,3-6H2. The summed E-state index contributed by atoms with van der Waals surface area (Å²) in [6.45, 7) is 11.7. The number of nitrogens with one attached hydrogen (secondary N) is 2. The Balaban J connectivity index is 0.000000118. The summed E-state index contributed by atoms with van der Waals surface area (Å²) < 4.78 is 69.7. The minimum absolute atomic E-state index is 0.182. The van der Waals surface area contributed by atoms with Gasteiger partial charge in [-0.15, -0.1) is 0 Å². The molecule has 2 fully saturated rings. The highest BCUT2D eigenvalue weighted by atomic mass is 79.9. The summed E-state index contributed by atoms with van der Waals surface area (Å²) in [4.78, 5) is 20.2. The fourth-order valence-electron chi connectivity index (χ4n) is 9.48. The number of halogens is 3. The van der Waals surface area contributed by atoms with Crippen molar-refractivity contribution in [2.45, 2.75) is 37.8 Å². The van der Waals surface area contributed by atoms with E-state index in [2.05, 4.69) is 76.2 Å². The molecule has 4 aliphatic rings. The van der Waals surface area contributed by atoms with Gasteiger partial charge in [-0.25, -0.2) is 31.1 Å². The van der Waals surface area contributed by atoms with E-state index in [9.17, 15) is 17.2 Å². The molecule has 0 bridgehead atoms. The van der Waals surface area contributed by atoms with Crippen LogP contribution in [0.15, 0.2) is 106 Å². The second-order valence-electron chi connectivity index (χ2n) is 17.5. The first-order chi connectivity index (χ1) is 33.6. The van der Waals surface area contributed by atoms with Crippen molar-refractivity contribution in [3.63, 3.8) is 0 Å². The van der Waals surface area contributed by atoms with E-state index in [-0.39, 0.29) is 16.5 Å². The van der Waals surface area contributed by atoms with Gasteiger partial charge in [0, 0.05) is 109 Å². The summed E-state index contributed by atoms with van der Waals surface area (Å²) in [5, 5.41) is 7.08. The van der Waals surface area contributed by atoms with Crippen LogP contribution in [-0.4, -0.2) is 93.0 Å². The molecule has 0 aliphatic carbocycles. The molecule has 18 heteroatoms. The Labute approximate surface area is 414 Å². The number of nitrogens with zero attached hydrogens (tertiary/aromatic N) is 6. The molecular formula is C51H49BrF2N8O4S3. The summed E-state index contributed by atoms with van der Waals surface area (Å²) in [7, 11) is -3.73. The van der Waals surface area contributed by atoms with Gasteiger partial charge >= 0.3 is 0 Å². The van der Waals surface area contributed by atoms with Crippen LogP contribution in [-0.2, 0) is 45.4 Å². The number of aromatic amines is 1. The van der Waals surface area contributed by atoms with Crippen molar-refractivity contribution in [3.05, 3.63) is 141 Å². The zero-order chi connectivity index (χ0) is 47.2. The van der Waals surface area contributed by atoms with E-state index in [0.717, 1.165) is 126 Å². The lowest BCUT2D eigenvalue weighted by Gasteiger charge is -2.29. The fraction of sp³-hybridized carbons (Fsp3) is 0.294. The SMILES string of the molecule is Brc1ccc2nc(N3CCOCC3)sc2c1.Cc1ccc(S(=O)(=O)n2c3c(c4cc(F)ccc42)CNCC3)cc1.Fc1ccc2[nH]c3c(c2c1)CN(c1ccc2nc(N4CCOCC4)sc2c1)CC3. The Morgan fingerprint density at radius 1 is 0.681 bits per heavy atom. The highest BCUT2D eigenvalue weighted by Gasteiger charge is 2.29. The molecule has 4 aromatic heterocycles. The van der Waals surface area contributed by atoms with Gasteiger partial charge in [0.15, 0.2) is 10.3 Å². The summed E-state index contributed by atoms with van der Waals surface area (Å²) in [5.41, 5.74) is 9.94. The topological polar surface area (TPSA) is 121 Å². The van der Waals surface area contributed by atoms with Gasteiger partial charge in [-0.3, -0.25) is 0 Å². The minimum Gasteiger partial charge on any atom is -0.378 e. The van der Waals surface area contributed by atoms with Crippen molar-refractivity contribution in [1.29, 1.82) is 0 Å². The molecule has 69 heavy (non-hydrogen) atoms. The van der Waals surface area contributed by atoms with E-state index in [1.165, 1.54) is 48.5 Å². The summed E-state index contributed by atoms with van der Waals surface area (Å²) in [6, 6.07) is 28.8. The van der Waals surface area contributed by atoms with Gasteiger partial charge in [0.2, 0.25) is 0 Å². The predicted octanol–water partition coefficient (Wildman–Crippen LogP) is 10.2. The highest BCUT2D eigenvalue weighted by molar-refractivity contribution is 9.10. The van der Waals surface area contributed by atoms with E-state index in [0.29, 0.717) is 30.4 Å². The number of benzene rings is 5. The van der Waals surface area contributed by atoms with Gasteiger partial charge in [-0.1, -0.05) is 56.3 Å². The second kappa shape index (κ2) is 19.4. The molecule has 12 nitrogen and oxygen atoms in total. The lowest BCUT2D eigenvalue weighted by molar-refractivity contribution is 0.122. The Morgan fingerprint density at radius 2 is 1.32 bits per heavy atom. The highest BCUT2D eigenvalue weighted by Crippen LogP contribution is 2.37. The maximum absolute atomic E-state index is 13.8. The van der Waals surface area contributed by atoms with Crippen molar-refractivity contribution < 1.29 is 26.7 Å². The van der Waals surface area contributed by atoms with Gasteiger partial charge in [-0.05, 0) is 97.4 Å². The van der Waals surface area contributed by atoms with Gasteiger partial charge in [-0.2, -0.15) is 0 Å². The number of hydrogen-bond donors (Lipinski definition) is 2. The molecule has 9 aromatic rings. The van der Waals surface area contributed by atoms with Crippen LogP contribution in [0.5, 0.6) is 0 Å². The van der Waals surface area contributed by atoms with Crippen LogP contribution in [0.25, 0.3) is 42.2 Å². The van der Waals surface area contributed by atoms with Crippen molar-refractivity contribution >= 4 is 107 Å². The molecule has 0 atom stereocenters. The third kappa shape index (κ3) is 9.35. The van der Waals surface area contributed by atoms with Crippen LogP contribution in [0.2, 0.25) is 0 Å². The number of hydrogen-bond acceptors (Lipinski definition) is 12. The van der Waals surface area contributed by atoms with E-state index in [1.54, 1.807) is 59.1 Å². The number of H-pyrrole nitrogens is 1. The molecule has 5 aromatic carbocycles. The second-order valence-corrected chi connectivity index (χ2v) is 22.2. The Hall–Kier alpha value is -5.47. The van der Waals surface area contributed by atoms with E-state index >= 15 is 0 Å². The Kier molecular flexibility index (Phi) is 12.9. The van der Waals surface area contributed by atoms with E-state index < -0.39 is 10.0 Å². The zero-order valence-electron chi connectivity index (χ0n) is 37.8. The Bertz CT molecular complexity index is 3450. The molecule has 0 radical (unpaired) electrons. The van der Waals surface area contributed by atoms with Crippen molar-refractivity contribution in [2.75, 3.05) is 80.4 Å². The lowest BCUT2D eigenvalue weighted by atomic mass is 10.0. The fourth-order valence-corrected chi connectivity index (χ4v) is 13.7. The van der Waals surface area contributed by atoms with Gasteiger partial charge < -0.3 is 34.5 Å². The third-order valence-electron chi connectivity index (χ3n) is 13.1. The summed E-state index contributed by atoms with van der Waals surface area (Å²) in [5.74, 6) is -0.543. The Morgan fingerprint density at radius 3 is 2.01 bits per heavy atom. The molecule has 356 valence electrons. The van der Waals surface area contributed by atoms with Crippen molar-refractivity contribution in [2.24, 2.45) is 0 Å². The number of anilines is 3. The lowest BCUT2D eigenvalue weighted by Crippen LogP contribution is -2.36. The number of aryl methyl sites for hydroxylation is 1. The maximum Gasteiger partial charge on any atom is 0.268 e. The van der Waals surface area contributed by atoms with Crippen LogP contribution in [0.3, 0.4) is 0 Å². The number of thiazole rings is 2. The van der Waals surface area contributed by atoms with Crippen LogP contribution in [0.4, 0.5) is 24.7 Å². The first-order valence-electron chi connectivity index (χ1n) is 23.1. The van der Waals surface area contributed by atoms with Gasteiger partial charge in [0.05, 0.1) is 57.3 Å². The minimum atomic E-state index is -3.73. The van der Waals surface area contributed by atoms with E-state index in [1.807, 2.05) is 19.1 Å². The molecule has 2 saturated heterocycles. The average molecular weight is 1050 g/mol. The molecular weight excluding hydrogens is 1000 g/mol. The molecule has 13 rings (SSSR count). The summed E-state index contributed by atoms with van der Waals surface area (Å²) in [6.07, 6.45) is 1.53.